The van der Waals surface area contributed by atoms with Crippen LogP contribution in [0.1, 0.15) is 303 Å². The van der Waals surface area contributed by atoms with Crippen molar-refractivity contribution in [3.8, 4) is 0 Å². The maximum atomic E-state index is 12.9. The lowest BCUT2D eigenvalue weighted by atomic mass is 10.0. The smallest absolute Gasteiger partial charge is 0.306 e. The Morgan fingerprint density at radius 3 is 0.880 bits per heavy atom. The fourth-order valence-corrected chi connectivity index (χ4v) is 8.84. The van der Waals surface area contributed by atoms with Crippen LogP contribution in [0.3, 0.4) is 0 Å². The summed E-state index contributed by atoms with van der Waals surface area (Å²) in [6, 6.07) is 0. The first kappa shape index (κ1) is 71.3. The van der Waals surface area contributed by atoms with Crippen LogP contribution in [-0.2, 0) is 28.6 Å². The van der Waals surface area contributed by atoms with Gasteiger partial charge in [0.1, 0.15) is 13.2 Å². The molecule has 0 rings (SSSR count). The molecule has 0 aromatic heterocycles. The molecule has 1 atom stereocenters. The number of ether oxygens (including phenoxy) is 3. The quantitative estimate of drug-likeness (QED) is 0.0261. The summed E-state index contributed by atoms with van der Waals surface area (Å²) < 4.78 is 16.9. The topological polar surface area (TPSA) is 78.9 Å². The molecule has 75 heavy (non-hydrogen) atoms. The predicted molar refractivity (Wildman–Crippen MR) is 325 cm³/mol. The van der Waals surface area contributed by atoms with E-state index in [1.165, 1.54) is 167 Å². The van der Waals surface area contributed by atoms with E-state index in [1.54, 1.807) is 0 Å². The molecule has 6 nitrogen and oxygen atoms in total. The average Bonchev–Trinajstić information content (AvgIpc) is 3.41. The standard InChI is InChI=1S/C69H118O6/c1-4-7-10-13-16-19-22-25-28-31-33-34-35-36-37-39-41-44-47-50-53-56-59-62-68(71)74-65-66(64-73-67(70)61-58-55-52-49-46-43-40-30-27-24-21-18-15-12-9-6-3)75-69(72)63-60-57-54-51-48-45-42-38-32-29-26-23-20-17-14-11-8-5-2/h7,10,16,19,25,28-29,32-34,36-37,41,44,50,53,66H,4-6,8-9,11-15,17-18,20-24,26-27,30-31,35,38-40,42-43,45-49,51-52,54-65H2,1-3H3/b10-7-,19-16-,28-25-,32-29-,34-33-,37-36-,44-41-,53-50-. The van der Waals surface area contributed by atoms with Gasteiger partial charge in [-0.1, -0.05) is 285 Å². The van der Waals surface area contributed by atoms with Gasteiger partial charge in [-0.05, 0) is 96.3 Å². The van der Waals surface area contributed by atoms with Crippen LogP contribution in [0.2, 0.25) is 0 Å². The van der Waals surface area contributed by atoms with Crippen molar-refractivity contribution in [1.82, 2.24) is 0 Å². The van der Waals surface area contributed by atoms with E-state index in [9.17, 15) is 14.4 Å². The molecule has 430 valence electrons. The number of esters is 3. The van der Waals surface area contributed by atoms with E-state index in [-0.39, 0.29) is 37.5 Å². The van der Waals surface area contributed by atoms with Gasteiger partial charge in [0.05, 0.1) is 0 Å². The Morgan fingerprint density at radius 1 is 0.280 bits per heavy atom. The molecular weight excluding hydrogens is 925 g/mol. The molecule has 0 N–H and O–H groups in total. The second-order valence-corrected chi connectivity index (χ2v) is 20.9. The van der Waals surface area contributed by atoms with Gasteiger partial charge in [0, 0.05) is 19.3 Å². The Bertz CT molecular complexity index is 1480. The molecule has 0 spiro atoms. The highest BCUT2D eigenvalue weighted by atomic mass is 16.6. The van der Waals surface area contributed by atoms with E-state index in [4.69, 9.17) is 14.2 Å². The Kier molecular flexibility index (Phi) is 59.8. The van der Waals surface area contributed by atoms with Gasteiger partial charge in [0.2, 0.25) is 0 Å². The Labute approximate surface area is 464 Å². The fraction of sp³-hybridized carbons (Fsp3) is 0.725. The number of unbranched alkanes of at least 4 members (excludes halogenated alkanes) is 30. The summed E-state index contributed by atoms with van der Waals surface area (Å²) in [5.74, 6) is -0.950. The second-order valence-electron chi connectivity index (χ2n) is 20.9. The molecule has 0 radical (unpaired) electrons. The Balaban J connectivity index is 4.47. The van der Waals surface area contributed by atoms with Gasteiger partial charge >= 0.3 is 17.9 Å². The van der Waals surface area contributed by atoms with Crippen LogP contribution in [0, 0.1) is 0 Å². The van der Waals surface area contributed by atoms with Crippen molar-refractivity contribution < 1.29 is 28.6 Å². The van der Waals surface area contributed by atoms with E-state index in [0.29, 0.717) is 19.3 Å². The van der Waals surface area contributed by atoms with Gasteiger partial charge in [-0.25, -0.2) is 0 Å². The summed E-state index contributed by atoms with van der Waals surface area (Å²) in [6.45, 7) is 6.50. The van der Waals surface area contributed by atoms with Gasteiger partial charge in [-0.2, -0.15) is 0 Å². The zero-order chi connectivity index (χ0) is 54.3. The highest BCUT2D eigenvalue weighted by molar-refractivity contribution is 5.71. The van der Waals surface area contributed by atoms with E-state index in [2.05, 4.69) is 118 Å². The number of allylic oxidation sites excluding steroid dienone is 16. The van der Waals surface area contributed by atoms with Crippen LogP contribution in [0.5, 0.6) is 0 Å². The normalized spacial score (nSPS) is 12.7. The minimum atomic E-state index is -0.804. The molecule has 0 fully saturated rings. The number of carbonyl (C=O) groups is 3. The zero-order valence-corrected chi connectivity index (χ0v) is 49.3. The summed E-state index contributed by atoms with van der Waals surface area (Å²) in [7, 11) is 0. The zero-order valence-electron chi connectivity index (χ0n) is 49.3. The number of rotatable bonds is 57. The van der Waals surface area contributed by atoms with Crippen LogP contribution in [0.4, 0.5) is 0 Å². The molecule has 0 amide bonds. The van der Waals surface area contributed by atoms with Crippen LogP contribution in [-0.4, -0.2) is 37.2 Å². The van der Waals surface area contributed by atoms with Gasteiger partial charge in [0.25, 0.3) is 0 Å². The predicted octanol–water partition coefficient (Wildman–Crippen LogP) is 21.7. The van der Waals surface area contributed by atoms with E-state index in [1.807, 2.05) is 0 Å². The summed E-state index contributed by atoms with van der Waals surface area (Å²) >= 11 is 0. The molecular formula is C69H118O6. The Hall–Kier alpha value is -3.67. The molecule has 0 aromatic rings. The number of hydrogen-bond acceptors (Lipinski definition) is 6. The van der Waals surface area contributed by atoms with Crippen LogP contribution in [0.15, 0.2) is 97.2 Å². The molecule has 0 aliphatic heterocycles. The second kappa shape index (κ2) is 62.9. The minimum absolute atomic E-state index is 0.0949. The maximum absolute atomic E-state index is 12.9. The molecule has 0 saturated carbocycles. The third kappa shape index (κ3) is 61.1. The largest absolute Gasteiger partial charge is 0.462 e. The van der Waals surface area contributed by atoms with E-state index in [0.717, 1.165) is 89.9 Å². The van der Waals surface area contributed by atoms with Crippen molar-refractivity contribution >= 4 is 17.9 Å². The van der Waals surface area contributed by atoms with Gasteiger partial charge in [-0.3, -0.25) is 14.4 Å². The lowest BCUT2D eigenvalue weighted by Gasteiger charge is -2.18. The first-order valence-corrected chi connectivity index (χ1v) is 31.7. The van der Waals surface area contributed by atoms with Crippen LogP contribution >= 0.6 is 0 Å². The molecule has 0 heterocycles. The summed E-state index contributed by atoms with van der Waals surface area (Å²) in [5.41, 5.74) is 0. The maximum Gasteiger partial charge on any atom is 0.306 e. The van der Waals surface area contributed by atoms with Crippen molar-refractivity contribution in [1.29, 1.82) is 0 Å². The van der Waals surface area contributed by atoms with E-state index < -0.39 is 6.10 Å². The molecule has 0 aromatic carbocycles. The number of hydrogen-bond donors (Lipinski definition) is 0. The SMILES string of the molecule is CC/C=C\C/C=C\C/C=C\C/C=C\C/C=C\C/C=C\C/C=C\CCCC(=O)OCC(COC(=O)CCCCCCCCCCCCCCCCCC)OC(=O)CCCCCCCCC/C=C\CCCCCCCCC. The lowest BCUT2D eigenvalue weighted by molar-refractivity contribution is -0.167. The van der Waals surface area contributed by atoms with Gasteiger partial charge < -0.3 is 14.2 Å². The van der Waals surface area contributed by atoms with E-state index >= 15 is 0 Å². The molecule has 6 heteroatoms. The highest BCUT2D eigenvalue weighted by Gasteiger charge is 2.19. The summed E-state index contributed by atoms with van der Waals surface area (Å²) in [5, 5.41) is 0. The summed E-state index contributed by atoms with van der Waals surface area (Å²) in [4.78, 5) is 38.3. The third-order valence-corrected chi connectivity index (χ3v) is 13.6. The monoisotopic (exact) mass is 1040 g/mol. The fourth-order valence-electron chi connectivity index (χ4n) is 8.84. The third-order valence-electron chi connectivity index (χ3n) is 13.6. The van der Waals surface area contributed by atoms with Crippen molar-refractivity contribution in [2.75, 3.05) is 13.2 Å². The molecule has 0 bridgehead atoms. The molecule has 1 unspecified atom stereocenters. The summed E-state index contributed by atoms with van der Waals surface area (Å²) in [6.07, 6.45) is 84.1. The molecule has 0 aliphatic rings. The number of carbonyl (C=O) groups excluding carboxylic acids is 3. The lowest BCUT2D eigenvalue weighted by Crippen LogP contribution is -2.30. The first-order chi connectivity index (χ1) is 37.0. The van der Waals surface area contributed by atoms with Crippen LogP contribution in [0.25, 0.3) is 0 Å². The molecule has 0 saturated heterocycles. The van der Waals surface area contributed by atoms with Gasteiger partial charge in [0.15, 0.2) is 6.10 Å². The Morgan fingerprint density at radius 2 is 0.533 bits per heavy atom. The average molecular weight is 1040 g/mol. The molecule has 0 aliphatic carbocycles. The minimum Gasteiger partial charge on any atom is -0.462 e. The highest BCUT2D eigenvalue weighted by Crippen LogP contribution is 2.16. The van der Waals surface area contributed by atoms with Crippen molar-refractivity contribution in [2.24, 2.45) is 0 Å². The van der Waals surface area contributed by atoms with Crippen molar-refractivity contribution in [2.45, 2.75) is 309 Å². The van der Waals surface area contributed by atoms with Crippen molar-refractivity contribution in [3.05, 3.63) is 97.2 Å². The van der Waals surface area contributed by atoms with Gasteiger partial charge in [-0.15, -0.1) is 0 Å². The van der Waals surface area contributed by atoms with Crippen LogP contribution < -0.4 is 0 Å². The van der Waals surface area contributed by atoms with Crippen molar-refractivity contribution in [3.63, 3.8) is 0 Å². The first-order valence-electron chi connectivity index (χ1n) is 31.7.